The molecule has 4 heteroatoms. The highest BCUT2D eigenvalue weighted by Crippen LogP contribution is 2.07. The van der Waals surface area contributed by atoms with Crippen molar-refractivity contribution in [2.75, 3.05) is 31.2 Å². The fourth-order valence-corrected chi connectivity index (χ4v) is 1.50. The Hall–Kier alpha value is -1.29. The smallest absolute Gasteiger partial charge is 0.127 e. The third kappa shape index (κ3) is 5.54. The first-order valence-corrected chi connectivity index (χ1v) is 6.25. The van der Waals surface area contributed by atoms with Crippen molar-refractivity contribution in [1.82, 2.24) is 9.88 Å². The van der Waals surface area contributed by atoms with Crippen LogP contribution in [0.1, 0.15) is 26.7 Å². The Morgan fingerprint density at radius 2 is 2.18 bits per heavy atom. The molecule has 0 amide bonds. The Kier molecular flexibility index (Phi) is 5.77. The Morgan fingerprint density at radius 1 is 1.41 bits per heavy atom. The Labute approximate surface area is 104 Å². The van der Waals surface area contributed by atoms with Gasteiger partial charge in [0, 0.05) is 30.5 Å². The topological polar surface area (TPSA) is 54.2 Å². The van der Waals surface area contributed by atoms with E-state index in [4.69, 9.17) is 5.73 Å². The molecule has 0 unspecified atom stereocenters. The lowest BCUT2D eigenvalue weighted by Crippen LogP contribution is -2.27. The highest BCUT2D eigenvalue weighted by Gasteiger charge is 2.01. The molecule has 0 saturated carbocycles. The fraction of sp³-hybridized carbons (Fsp3) is 0.615. The van der Waals surface area contributed by atoms with Gasteiger partial charge in [0.1, 0.15) is 5.82 Å². The zero-order chi connectivity index (χ0) is 12.7. The third-order valence-electron chi connectivity index (χ3n) is 2.91. The summed E-state index contributed by atoms with van der Waals surface area (Å²) in [6.45, 7) is 6.52. The summed E-state index contributed by atoms with van der Waals surface area (Å²) < 4.78 is 0. The molecule has 0 bridgehead atoms. The van der Waals surface area contributed by atoms with Crippen LogP contribution >= 0.6 is 0 Å². The van der Waals surface area contributed by atoms with Crippen LogP contribution in [0.3, 0.4) is 0 Å². The Bertz CT molecular complexity index is 325. The molecule has 4 nitrogen and oxygen atoms in total. The van der Waals surface area contributed by atoms with Gasteiger partial charge in [-0.05, 0) is 46.3 Å². The average Bonchev–Trinajstić information content (AvgIpc) is 2.28. The number of nitrogen functional groups attached to an aromatic ring is 1. The number of anilines is 2. The van der Waals surface area contributed by atoms with Crippen LogP contribution in [-0.2, 0) is 0 Å². The van der Waals surface area contributed by atoms with Crippen molar-refractivity contribution >= 4 is 11.5 Å². The molecule has 0 spiro atoms. The van der Waals surface area contributed by atoms with Crippen molar-refractivity contribution in [3.8, 4) is 0 Å². The maximum absolute atomic E-state index is 5.68. The van der Waals surface area contributed by atoms with Gasteiger partial charge in [0.15, 0.2) is 0 Å². The summed E-state index contributed by atoms with van der Waals surface area (Å²) in [6.07, 6.45) is 4.07. The molecule has 96 valence electrons. The minimum atomic E-state index is 0.624. The number of nitrogens with zero attached hydrogens (tertiary/aromatic N) is 2. The minimum Gasteiger partial charge on any atom is -0.399 e. The molecule has 0 aromatic carbocycles. The molecule has 1 aromatic heterocycles. The van der Waals surface area contributed by atoms with E-state index in [1.165, 1.54) is 6.42 Å². The van der Waals surface area contributed by atoms with Crippen LogP contribution in [0.2, 0.25) is 0 Å². The molecular weight excluding hydrogens is 212 g/mol. The van der Waals surface area contributed by atoms with E-state index in [0.717, 1.165) is 31.0 Å². The van der Waals surface area contributed by atoms with E-state index < -0.39 is 0 Å². The summed E-state index contributed by atoms with van der Waals surface area (Å²) in [5, 5.41) is 3.28. The lowest BCUT2D eigenvalue weighted by atomic mass is 10.2. The molecule has 1 heterocycles. The summed E-state index contributed by atoms with van der Waals surface area (Å²) in [5.41, 5.74) is 6.43. The van der Waals surface area contributed by atoms with Gasteiger partial charge >= 0.3 is 0 Å². The van der Waals surface area contributed by atoms with Crippen molar-refractivity contribution in [3.63, 3.8) is 0 Å². The number of hydrogen-bond donors (Lipinski definition) is 2. The number of pyridine rings is 1. The lowest BCUT2D eigenvalue weighted by Gasteiger charge is -2.20. The first-order chi connectivity index (χ1) is 8.09. The molecular formula is C13H24N4. The van der Waals surface area contributed by atoms with E-state index >= 15 is 0 Å². The van der Waals surface area contributed by atoms with Gasteiger partial charge in [0.25, 0.3) is 0 Å². The predicted octanol–water partition coefficient (Wildman–Crippen LogP) is 2.20. The fourth-order valence-electron chi connectivity index (χ4n) is 1.50. The van der Waals surface area contributed by atoms with Crippen molar-refractivity contribution in [2.24, 2.45) is 0 Å². The van der Waals surface area contributed by atoms with Crippen LogP contribution in [-0.4, -0.2) is 36.1 Å². The molecule has 17 heavy (non-hydrogen) atoms. The van der Waals surface area contributed by atoms with Crippen molar-refractivity contribution in [1.29, 1.82) is 0 Å². The molecule has 0 fully saturated rings. The number of nitrogens with one attached hydrogen (secondary N) is 1. The lowest BCUT2D eigenvalue weighted by molar-refractivity contribution is 0.269. The second-order valence-corrected chi connectivity index (χ2v) is 4.68. The molecule has 1 aromatic rings. The standard InChI is InChI=1S/C13H24N4/c1-11(2)17(3)9-5-4-7-15-13-10-12(14)6-8-16-13/h6,8,10-11H,4-5,7,9H2,1-3H3,(H3,14,15,16). The molecule has 0 aliphatic rings. The molecule has 0 saturated heterocycles. The van der Waals surface area contributed by atoms with Crippen LogP contribution in [0.15, 0.2) is 18.3 Å². The zero-order valence-corrected chi connectivity index (χ0v) is 11.1. The number of nitrogens with two attached hydrogens (primary N) is 1. The predicted molar refractivity (Wildman–Crippen MR) is 74.1 cm³/mol. The number of hydrogen-bond acceptors (Lipinski definition) is 4. The van der Waals surface area contributed by atoms with E-state index in [1.54, 1.807) is 12.3 Å². The van der Waals surface area contributed by atoms with Gasteiger partial charge in [-0.2, -0.15) is 0 Å². The Morgan fingerprint density at radius 3 is 2.82 bits per heavy atom. The highest BCUT2D eigenvalue weighted by atomic mass is 15.1. The molecule has 0 aliphatic heterocycles. The number of aromatic nitrogens is 1. The second-order valence-electron chi connectivity index (χ2n) is 4.68. The summed E-state index contributed by atoms with van der Waals surface area (Å²) in [6, 6.07) is 4.28. The molecule has 0 atom stereocenters. The van der Waals surface area contributed by atoms with Crippen LogP contribution in [0.5, 0.6) is 0 Å². The van der Waals surface area contributed by atoms with E-state index in [2.05, 4.69) is 36.1 Å². The maximum atomic E-state index is 5.68. The maximum Gasteiger partial charge on any atom is 0.127 e. The van der Waals surface area contributed by atoms with E-state index in [0.29, 0.717) is 6.04 Å². The zero-order valence-electron chi connectivity index (χ0n) is 11.1. The van der Waals surface area contributed by atoms with Crippen LogP contribution in [0.25, 0.3) is 0 Å². The van der Waals surface area contributed by atoms with Crippen molar-refractivity contribution in [2.45, 2.75) is 32.7 Å². The monoisotopic (exact) mass is 236 g/mol. The minimum absolute atomic E-state index is 0.624. The summed E-state index contributed by atoms with van der Waals surface area (Å²) in [5.74, 6) is 0.863. The van der Waals surface area contributed by atoms with Gasteiger partial charge in [-0.3, -0.25) is 0 Å². The largest absolute Gasteiger partial charge is 0.399 e. The highest BCUT2D eigenvalue weighted by molar-refractivity contribution is 5.48. The quantitative estimate of drug-likeness (QED) is 0.713. The average molecular weight is 236 g/mol. The van der Waals surface area contributed by atoms with E-state index in [9.17, 15) is 0 Å². The van der Waals surface area contributed by atoms with Crippen LogP contribution < -0.4 is 11.1 Å². The summed E-state index contributed by atoms with van der Waals surface area (Å²) >= 11 is 0. The van der Waals surface area contributed by atoms with Gasteiger partial charge in [-0.1, -0.05) is 0 Å². The van der Waals surface area contributed by atoms with Crippen LogP contribution in [0, 0.1) is 0 Å². The Balaban J connectivity index is 2.12. The molecule has 1 rings (SSSR count). The normalized spacial score (nSPS) is 11.1. The van der Waals surface area contributed by atoms with Gasteiger partial charge in [0.2, 0.25) is 0 Å². The van der Waals surface area contributed by atoms with Crippen molar-refractivity contribution in [3.05, 3.63) is 18.3 Å². The van der Waals surface area contributed by atoms with Crippen LogP contribution in [0.4, 0.5) is 11.5 Å². The summed E-state index contributed by atoms with van der Waals surface area (Å²) in [4.78, 5) is 6.56. The van der Waals surface area contributed by atoms with Gasteiger partial charge in [-0.25, -0.2) is 4.98 Å². The second kappa shape index (κ2) is 7.12. The third-order valence-corrected chi connectivity index (χ3v) is 2.91. The van der Waals surface area contributed by atoms with Gasteiger partial charge in [-0.15, -0.1) is 0 Å². The number of rotatable bonds is 7. The summed E-state index contributed by atoms with van der Waals surface area (Å²) in [7, 11) is 2.16. The van der Waals surface area contributed by atoms with E-state index in [-0.39, 0.29) is 0 Å². The van der Waals surface area contributed by atoms with Gasteiger partial charge in [0.05, 0.1) is 0 Å². The first-order valence-electron chi connectivity index (χ1n) is 6.25. The molecule has 0 radical (unpaired) electrons. The van der Waals surface area contributed by atoms with E-state index in [1.807, 2.05) is 6.07 Å². The first kappa shape index (κ1) is 13.8. The molecule has 0 aliphatic carbocycles. The van der Waals surface area contributed by atoms with Crippen molar-refractivity contribution < 1.29 is 0 Å². The SMILES string of the molecule is CC(C)N(C)CCCCNc1cc(N)ccn1. The molecule has 3 N–H and O–H groups in total. The van der Waals surface area contributed by atoms with Gasteiger partial charge < -0.3 is 16.0 Å². The number of unbranched alkanes of at least 4 members (excludes halogenated alkanes) is 1.